The highest BCUT2D eigenvalue weighted by Crippen LogP contribution is 2.25. The molecule has 9 heteroatoms. The molecule has 27 heavy (non-hydrogen) atoms. The van der Waals surface area contributed by atoms with E-state index in [4.69, 9.17) is 0 Å². The van der Waals surface area contributed by atoms with Crippen molar-refractivity contribution in [2.45, 2.75) is 20.4 Å². The van der Waals surface area contributed by atoms with Gasteiger partial charge in [0, 0.05) is 29.9 Å². The van der Waals surface area contributed by atoms with Crippen LogP contribution < -0.4 is 10.9 Å². The van der Waals surface area contributed by atoms with Gasteiger partial charge >= 0.3 is 5.97 Å². The highest BCUT2D eigenvalue weighted by Gasteiger charge is 2.21. The fourth-order valence-corrected chi connectivity index (χ4v) is 3.46. The fraction of sp³-hybridized carbons (Fsp3) is 0.278. The summed E-state index contributed by atoms with van der Waals surface area (Å²) in [7, 11) is 0. The second-order valence-electron chi connectivity index (χ2n) is 6.40. The monoisotopic (exact) mass is 386 g/mol. The maximum atomic E-state index is 13.0. The van der Waals surface area contributed by atoms with Crippen molar-refractivity contribution in [3.8, 4) is 11.4 Å². The number of nitrogens with zero attached hydrogens (tertiary/aromatic N) is 3. The first-order valence-electron chi connectivity index (χ1n) is 8.31. The predicted octanol–water partition coefficient (Wildman–Crippen LogP) is 1.99. The van der Waals surface area contributed by atoms with Crippen LogP contribution in [-0.4, -0.2) is 38.1 Å². The summed E-state index contributed by atoms with van der Waals surface area (Å²) in [4.78, 5) is 45.6. The number of hydrogen-bond acceptors (Lipinski definition) is 6. The zero-order valence-electron chi connectivity index (χ0n) is 14.8. The van der Waals surface area contributed by atoms with Crippen molar-refractivity contribution in [3.05, 3.63) is 45.8 Å². The van der Waals surface area contributed by atoms with Crippen LogP contribution in [0.1, 0.15) is 24.2 Å². The summed E-state index contributed by atoms with van der Waals surface area (Å²) in [5, 5.41) is 13.5. The molecule has 0 aliphatic heterocycles. The van der Waals surface area contributed by atoms with Crippen molar-refractivity contribution < 1.29 is 14.7 Å². The summed E-state index contributed by atoms with van der Waals surface area (Å²) in [6.07, 6.45) is 3.13. The Labute approximate surface area is 158 Å². The van der Waals surface area contributed by atoms with Crippen molar-refractivity contribution in [2.75, 3.05) is 6.54 Å². The molecule has 0 aliphatic rings. The van der Waals surface area contributed by atoms with Crippen LogP contribution in [0.4, 0.5) is 0 Å². The number of pyridine rings is 1. The Morgan fingerprint density at radius 2 is 2.15 bits per heavy atom. The van der Waals surface area contributed by atoms with Crippen LogP contribution in [0.3, 0.4) is 0 Å². The van der Waals surface area contributed by atoms with Crippen molar-refractivity contribution >= 4 is 33.4 Å². The molecule has 1 amide bonds. The SMILES string of the molecule is CC(C)CNC(=O)Cn1c(-c2cccnc2)nc2scc(C(=O)O)c2c1=O. The number of aromatic carboxylic acids is 1. The number of nitrogens with one attached hydrogen (secondary N) is 1. The molecular weight excluding hydrogens is 368 g/mol. The summed E-state index contributed by atoms with van der Waals surface area (Å²) in [6, 6.07) is 3.43. The van der Waals surface area contributed by atoms with Crippen molar-refractivity contribution in [2.24, 2.45) is 5.92 Å². The van der Waals surface area contributed by atoms with E-state index in [-0.39, 0.29) is 35.1 Å². The lowest BCUT2D eigenvalue weighted by atomic mass is 10.2. The van der Waals surface area contributed by atoms with Gasteiger partial charge in [0.1, 0.15) is 17.2 Å². The summed E-state index contributed by atoms with van der Waals surface area (Å²) in [6.45, 7) is 4.15. The average Bonchev–Trinajstić information content (AvgIpc) is 3.07. The zero-order valence-corrected chi connectivity index (χ0v) is 15.6. The number of rotatable bonds is 6. The Kier molecular flexibility index (Phi) is 5.31. The molecule has 0 spiro atoms. The topological polar surface area (TPSA) is 114 Å². The Balaban J connectivity index is 2.16. The largest absolute Gasteiger partial charge is 0.478 e. The van der Waals surface area contributed by atoms with E-state index in [9.17, 15) is 19.5 Å². The van der Waals surface area contributed by atoms with Gasteiger partial charge in [-0.2, -0.15) is 0 Å². The number of carboxylic acid groups (broad SMARTS) is 1. The fourth-order valence-electron chi connectivity index (χ4n) is 2.56. The molecule has 3 aromatic rings. The Bertz CT molecular complexity index is 1060. The molecule has 0 saturated heterocycles. The van der Waals surface area contributed by atoms with E-state index in [1.54, 1.807) is 24.5 Å². The summed E-state index contributed by atoms with van der Waals surface area (Å²) in [5.41, 5.74) is -0.0998. The molecule has 3 rings (SSSR count). The van der Waals surface area contributed by atoms with E-state index in [1.165, 1.54) is 9.95 Å². The lowest BCUT2D eigenvalue weighted by Crippen LogP contribution is -2.35. The second-order valence-corrected chi connectivity index (χ2v) is 7.26. The van der Waals surface area contributed by atoms with Crippen LogP contribution in [0.25, 0.3) is 21.6 Å². The summed E-state index contributed by atoms with van der Waals surface area (Å²) < 4.78 is 1.20. The number of carbonyl (C=O) groups is 2. The van der Waals surface area contributed by atoms with Gasteiger partial charge in [0.15, 0.2) is 0 Å². The average molecular weight is 386 g/mol. The molecule has 2 N–H and O–H groups in total. The minimum absolute atomic E-state index is 0.0109. The first-order valence-corrected chi connectivity index (χ1v) is 9.19. The van der Waals surface area contributed by atoms with Gasteiger partial charge in [0.25, 0.3) is 5.56 Å². The molecule has 8 nitrogen and oxygen atoms in total. The van der Waals surface area contributed by atoms with Crippen LogP contribution in [0.2, 0.25) is 0 Å². The molecule has 0 fully saturated rings. The van der Waals surface area contributed by atoms with Gasteiger partial charge in [-0.25, -0.2) is 9.78 Å². The molecular formula is C18H18N4O4S. The summed E-state index contributed by atoms with van der Waals surface area (Å²) >= 11 is 1.08. The Hall–Kier alpha value is -3.07. The normalized spacial score (nSPS) is 11.1. The van der Waals surface area contributed by atoms with Gasteiger partial charge < -0.3 is 10.4 Å². The van der Waals surface area contributed by atoms with Crippen LogP contribution >= 0.6 is 11.3 Å². The number of thiophene rings is 1. The number of amides is 1. The molecule has 0 bridgehead atoms. The third-order valence-electron chi connectivity index (χ3n) is 3.85. The standard InChI is InChI=1S/C18H18N4O4S/c1-10(2)6-20-13(23)8-22-15(11-4-3-5-19-7-11)21-16-14(17(22)24)12(9-27-16)18(25)26/h3-5,7,9-10H,6,8H2,1-2H3,(H,20,23)(H,25,26). The van der Waals surface area contributed by atoms with E-state index in [2.05, 4.69) is 15.3 Å². The van der Waals surface area contributed by atoms with E-state index < -0.39 is 11.5 Å². The van der Waals surface area contributed by atoms with Gasteiger partial charge in [-0.3, -0.25) is 19.1 Å². The molecule has 0 aromatic carbocycles. The van der Waals surface area contributed by atoms with E-state index in [1.807, 2.05) is 13.8 Å². The molecule has 0 saturated carbocycles. The highest BCUT2D eigenvalue weighted by molar-refractivity contribution is 7.17. The number of aromatic nitrogens is 3. The smallest absolute Gasteiger partial charge is 0.337 e. The number of fused-ring (bicyclic) bond motifs is 1. The first-order chi connectivity index (χ1) is 12.9. The first kappa shape index (κ1) is 18.7. The third kappa shape index (κ3) is 3.87. The quantitative estimate of drug-likeness (QED) is 0.670. The highest BCUT2D eigenvalue weighted by atomic mass is 32.1. The van der Waals surface area contributed by atoms with E-state index >= 15 is 0 Å². The Morgan fingerprint density at radius 1 is 1.37 bits per heavy atom. The number of carbonyl (C=O) groups excluding carboxylic acids is 1. The molecule has 0 radical (unpaired) electrons. The third-order valence-corrected chi connectivity index (χ3v) is 4.73. The van der Waals surface area contributed by atoms with Gasteiger partial charge in [0.2, 0.25) is 5.91 Å². The Morgan fingerprint density at radius 3 is 2.78 bits per heavy atom. The maximum absolute atomic E-state index is 13.0. The molecule has 0 atom stereocenters. The van der Waals surface area contributed by atoms with Crippen LogP contribution in [0.5, 0.6) is 0 Å². The summed E-state index contributed by atoms with van der Waals surface area (Å²) in [5.74, 6) is -1.01. The molecule has 3 heterocycles. The number of carboxylic acids is 1. The van der Waals surface area contributed by atoms with E-state index in [0.29, 0.717) is 16.9 Å². The lowest BCUT2D eigenvalue weighted by Gasteiger charge is -2.13. The molecule has 3 aromatic heterocycles. The van der Waals surface area contributed by atoms with Crippen molar-refractivity contribution in [3.63, 3.8) is 0 Å². The van der Waals surface area contributed by atoms with Gasteiger partial charge in [-0.1, -0.05) is 13.8 Å². The molecule has 0 aliphatic carbocycles. The van der Waals surface area contributed by atoms with E-state index in [0.717, 1.165) is 11.3 Å². The van der Waals surface area contributed by atoms with Gasteiger partial charge in [0.05, 0.1) is 10.9 Å². The molecule has 140 valence electrons. The molecule has 0 unspecified atom stereocenters. The number of hydrogen-bond donors (Lipinski definition) is 2. The van der Waals surface area contributed by atoms with Gasteiger partial charge in [-0.15, -0.1) is 11.3 Å². The second kappa shape index (κ2) is 7.67. The van der Waals surface area contributed by atoms with Crippen molar-refractivity contribution in [1.29, 1.82) is 0 Å². The van der Waals surface area contributed by atoms with Crippen LogP contribution in [-0.2, 0) is 11.3 Å². The lowest BCUT2D eigenvalue weighted by molar-refractivity contribution is -0.121. The minimum atomic E-state index is -1.20. The van der Waals surface area contributed by atoms with Crippen LogP contribution in [0.15, 0.2) is 34.7 Å². The maximum Gasteiger partial charge on any atom is 0.337 e. The predicted molar refractivity (Wildman–Crippen MR) is 102 cm³/mol. The van der Waals surface area contributed by atoms with Crippen molar-refractivity contribution in [1.82, 2.24) is 19.9 Å². The zero-order chi connectivity index (χ0) is 19.6. The van der Waals surface area contributed by atoms with Crippen LogP contribution in [0, 0.1) is 5.92 Å². The van der Waals surface area contributed by atoms with Gasteiger partial charge in [-0.05, 0) is 18.1 Å². The minimum Gasteiger partial charge on any atom is -0.478 e.